The van der Waals surface area contributed by atoms with Crippen molar-refractivity contribution in [2.24, 2.45) is 0 Å². The molecule has 0 amide bonds. The highest BCUT2D eigenvalue weighted by molar-refractivity contribution is 5.71. The lowest BCUT2D eigenvalue weighted by molar-refractivity contribution is -0.167. The highest BCUT2D eigenvalue weighted by Gasteiger charge is 2.19. The van der Waals surface area contributed by atoms with Crippen molar-refractivity contribution in [3.8, 4) is 0 Å². The van der Waals surface area contributed by atoms with Gasteiger partial charge in [-0.1, -0.05) is 239 Å². The molecule has 68 heavy (non-hydrogen) atoms. The Hall–Kier alpha value is -3.93. The summed E-state index contributed by atoms with van der Waals surface area (Å²) in [7, 11) is 0. The van der Waals surface area contributed by atoms with E-state index in [4.69, 9.17) is 14.2 Å². The zero-order valence-corrected chi connectivity index (χ0v) is 44.1. The second-order valence-corrected chi connectivity index (χ2v) is 18.3. The molecule has 0 saturated heterocycles. The van der Waals surface area contributed by atoms with Crippen molar-refractivity contribution in [1.82, 2.24) is 0 Å². The molecule has 0 spiro atoms. The lowest BCUT2D eigenvalue weighted by Gasteiger charge is -2.18. The third-order valence-electron chi connectivity index (χ3n) is 11.6. The Morgan fingerprint density at radius 1 is 0.309 bits per heavy atom. The van der Waals surface area contributed by atoms with Crippen molar-refractivity contribution in [3.63, 3.8) is 0 Å². The zero-order chi connectivity index (χ0) is 49.3. The van der Waals surface area contributed by atoms with Crippen LogP contribution < -0.4 is 0 Å². The van der Waals surface area contributed by atoms with Crippen LogP contribution in [0.1, 0.15) is 245 Å². The second kappa shape index (κ2) is 55.7. The fourth-order valence-electron chi connectivity index (χ4n) is 7.36. The van der Waals surface area contributed by atoms with Crippen LogP contribution in [0.3, 0.4) is 0 Å². The van der Waals surface area contributed by atoms with Crippen molar-refractivity contribution in [2.75, 3.05) is 13.2 Å². The van der Waals surface area contributed by atoms with Gasteiger partial charge in [0.1, 0.15) is 13.2 Å². The average Bonchev–Trinajstić information content (AvgIpc) is 3.34. The molecule has 1 unspecified atom stereocenters. The first-order valence-corrected chi connectivity index (χ1v) is 28.0. The Morgan fingerprint density at radius 3 is 1.09 bits per heavy atom. The predicted octanol–water partition coefficient (Wildman–Crippen LogP) is 18.7. The number of carbonyl (C=O) groups excluding carboxylic acids is 3. The summed E-state index contributed by atoms with van der Waals surface area (Å²) in [6, 6.07) is 0. The predicted molar refractivity (Wildman–Crippen MR) is 293 cm³/mol. The number of hydrogen-bond donors (Lipinski definition) is 0. The number of ether oxygens (including phenoxy) is 3. The summed E-state index contributed by atoms with van der Waals surface area (Å²) in [5.41, 5.74) is 0. The first-order valence-electron chi connectivity index (χ1n) is 28.0. The molecule has 6 nitrogen and oxygen atoms in total. The first kappa shape index (κ1) is 64.1. The summed E-state index contributed by atoms with van der Waals surface area (Å²) in [4.78, 5) is 38.1. The van der Waals surface area contributed by atoms with Gasteiger partial charge in [0, 0.05) is 19.3 Å². The fraction of sp³-hybridized carbons (Fsp3) is 0.661. The molecule has 0 fully saturated rings. The van der Waals surface area contributed by atoms with Gasteiger partial charge in [-0.15, -0.1) is 0 Å². The molecule has 0 N–H and O–H groups in total. The van der Waals surface area contributed by atoms with E-state index in [0.29, 0.717) is 19.3 Å². The van der Waals surface area contributed by atoms with E-state index < -0.39 is 6.10 Å². The van der Waals surface area contributed by atoms with E-state index in [9.17, 15) is 14.4 Å². The smallest absolute Gasteiger partial charge is 0.306 e. The number of carbonyl (C=O) groups is 3. The van der Waals surface area contributed by atoms with Crippen LogP contribution in [0.25, 0.3) is 0 Å². The van der Waals surface area contributed by atoms with Gasteiger partial charge in [-0.25, -0.2) is 0 Å². The molecular formula is C62H102O6. The van der Waals surface area contributed by atoms with Gasteiger partial charge < -0.3 is 14.2 Å². The molecule has 0 radical (unpaired) electrons. The Kier molecular flexibility index (Phi) is 52.4. The minimum Gasteiger partial charge on any atom is -0.462 e. The Balaban J connectivity index is 4.54. The Labute approximate surface area is 419 Å². The molecule has 0 aliphatic heterocycles. The van der Waals surface area contributed by atoms with Crippen LogP contribution in [0.5, 0.6) is 0 Å². The monoisotopic (exact) mass is 943 g/mol. The van der Waals surface area contributed by atoms with Crippen molar-refractivity contribution < 1.29 is 28.6 Å². The van der Waals surface area contributed by atoms with Crippen molar-refractivity contribution >= 4 is 17.9 Å². The molecule has 0 aromatic carbocycles. The van der Waals surface area contributed by atoms with E-state index in [-0.39, 0.29) is 37.5 Å². The summed E-state index contributed by atoms with van der Waals surface area (Å²) < 4.78 is 16.8. The third-order valence-corrected chi connectivity index (χ3v) is 11.6. The quantitative estimate of drug-likeness (QED) is 0.0199. The molecule has 6 heteroatoms. The molecule has 0 heterocycles. The average molecular weight is 943 g/mol. The number of allylic oxidation sites excluding steroid dienone is 18. The van der Waals surface area contributed by atoms with Crippen LogP contribution in [0.2, 0.25) is 0 Å². The van der Waals surface area contributed by atoms with E-state index in [2.05, 4.69) is 106 Å². The lowest BCUT2D eigenvalue weighted by atomic mass is 10.1. The molecule has 1 atom stereocenters. The minimum absolute atomic E-state index is 0.110. The maximum Gasteiger partial charge on any atom is 0.306 e. The maximum atomic E-state index is 12.8. The lowest BCUT2D eigenvalue weighted by Crippen LogP contribution is -2.30. The van der Waals surface area contributed by atoms with Crippen LogP contribution in [-0.2, 0) is 28.6 Å². The second-order valence-electron chi connectivity index (χ2n) is 18.3. The first-order chi connectivity index (χ1) is 33.5. The van der Waals surface area contributed by atoms with Gasteiger partial charge >= 0.3 is 17.9 Å². The van der Waals surface area contributed by atoms with E-state index in [0.717, 1.165) is 83.5 Å². The maximum absolute atomic E-state index is 12.8. The van der Waals surface area contributed by atoms with Crippen molar-refractivity contribution in [2.45, 2.75) is 252 Å². The zero-order valence-electron chi connectivity index (χ0n) is 44.1. The molecule has 0 aliphatic carbocycles. The molecular weight excluding hydrogens is 841 g/mol. The summed E-state index contributed by atoms with van der Waals surface area (Å²) in [6.07, 6.45) is 75.0. The highest BCUT2D eigenvalue weighted by Crippen LogP contribution is 2.13. The van der Waals surface area contributed by atoms with E-state index in [1.165, 1.54) is 116 Å². The third kappa shape index (κ3) is 53.0. The molecule has 386 valence electrons. The van der Waals surface area contributed by atoms with Gasteiger partial charge in [-0.2, -0.15) is 0 Å². The van der Waals surface area contributed by atoms with Crippen LogP contribution in [0, 0.1) is 0 Å². The SMILES string of the molecule is CCC\C=C/C=C\C=C/C=C\C=C/CCCCCCCC(=O)OCC(COC(=O)CCCCCCCCC/C=C\CCCCCC)OC(=O)CCC/C=C\C/C=C\C/C=C\CCCCCCCC. The van der Waals surface area contributed by atoms with Gasteiger partial charge in [-0.3, -0.25) is 14.4 Å². The summed E-state index contributed by atoms with van der Waals surface area (Å²) in [5, 5.41) is 0. The van der Waals surface area contributed by atoms with Crippen LogP contribution in [0.4, 0.5) is 0 Å². The van der Waals surface area contributed by atoms with E-state index >= 15 is 0 Å². The van der Waals surface area contributed by atoms with Crippen molar-refractivity contribution in [3.05, 3.63) is 109 Å². The van der Waals surface area contributed by atoms with Crippen molar-refractivity contribution in [1.29, 1.82) is 0 Å². The topological polar surface area (TPSA) is 78.9 Å². The van der Waals surface area contributed by atoms with Gasteiger partial charge in [0.15, 0.2) is 6.10 Å². The molecule has 0 bridgehead atoms. The standard InChI is InChI=1S/C62H102O6/c1-4-7-10-13-16-19-22-25-28-30-32-34-37-40-43-46-49-52-55-61(64)67-58-59(57-66-60(63)54-51-48-45-42-39-36-33-27-24-21-18-15-12-9-6-3)68-62(65)56-53-50-47-44-41-38-35-31-29-26-23-20-17-14-11-8-5-2/h10,13,16,19,21-22,24-26,28-30,32,34-35,38,44,47,59H,4-9,11-12,14-15,17-18,20,23,27,31,33,36-37,39-43,45-46,48-58H2,1-3H3/b13-10-,19-16-,24-21-,25-22-,29-26-,30-28-,34-32-,38-35-,47-44-. The van der Waals surface area contributed by atoms with E-state index in [1.54, 1.807) is 0 Å². The molecule has 0 aromatic heterocycles. The normalized spacial score (nSPS) is 12.9. The van der Waals surface area contributed by atoms with Crippen LogP contribution >= 0.6 is 0 Å². The van der Waals surface area contributed by atoms with Gasteiger partial charge in [0.05, 0.1) is 0 Å². The van der Waals surface area contributed by atoms with Crippen LogP contribution in [0.15, 0.2) is 109 Å². The number of esters is 3. The number of unbranched alkanes of at least 4 members (excludes halogenated alkanes) is 24. The molecule has 0 aliphatic rings. The Morgan fingerprint density at radius 2 is 0.632 bits per heavy atom. The van der Waals surface area contributed by atoms with Gasteiger partial charge in [0.25, 0.3) is 0 Å². The summed E-state index contributed by atoms with van der Waals surface area (Å²) in [5.74, 6) is -0.994. The van der Waals surface area contributed by atoms with Crippen LogP contribution in [-0.4, -0.2) is 37.2 Å². The fourth-order valence-corrected chi connectivity index (χ4v) is 7.36. The molecule has 0 aromatic rings. The minimum atomic E-state index is -0.819. The summed E-state index contributed by atoms with van der Waals surface area (Å²) >= 11 is 0. The molecule has 0 rings (SSSR count). The summed E-state index contributed by atoms with van der Waals surface area (Å²) in [6.45, 7) is 6.46. The number of rotatable bonds is 49. The number of hydrogen-bond acceptors (Lipinski definition) is 6. The van der Waals surface area contributed by atoms with E-state index in [1.807, 2.05) is 24.3 Å². The van der Waals surface area contributed by atoms with Gasteiger partial charge in [-0.05, 0) is 96.3 Å². The largest absolute Gasteiger partial charge is 0.462 e. The Bertz CT molecular complexity index is 1410. The molecule has 0 saturated carbocycles. The highest BCUT2D eigenvalue weighted by atomic mass is 16.6. The van der Waals surface area contributed by atoms with Gasteiger partial charge in [0.2, 0.25) is 0 Å².